The molecule has 2 heterocycles. The van der Waals surface area contributed by atoms with Crippen molar-refractivity contribution in [2.24, 2.45) is 16.8 Å². The number of aromatic nitrogens is 2. The zero-order valence-electron chi connectivity index (χ0n) is 17.5. The Labute approximate surface area is 163 Å². The van der Waals surface area contributed by atoms with Crippen LogP contribution in [0.2, 0.25) is 0 Å². The second kappa shape index (κ2) is 10.3. The third-order valence-corrected chi connectivity index (χ3v) is 4.89. The van der Waals surface area contributed by atoms with Gasteiger partial charge in [-0.05, 0) is 52.5 Å². The van der Waals surface area contributed by atoms with Crippen LogP contribution in [0.15, 0.2) is 11.1 Å². The second-order valence-electron chi connectivity index (χ2n) is 7.42. The molecule has 1 saturated heterocycles. The highest BCUT2D eigenvalue weighted by Crippen LogP contribution is 2.19. The minimum Gasteiger partial charge on any atom is -0.466 e. The Morgan fingerprint density at radius 2 is 2.07 bits per heavy atom. The van der Waals surface area contributed by atoms with E-state index in [1.807, 2.05) is 13.8 Å². The van der Waals surface area contributed by atoms with Gasteiger partial charge in [-0.3, -0.25) is 14.5 Å². The summed E-state index contributed by atoms with van der Waals surface area (Å²) in [6.45, 7) is 14.8. The first-order chi connectivity index (χ1) is 12.9. The minimum atomic E-state index is -0.0578. The van der Waals surface area contributed by atoms with Gasteiger partial charge < -0.3 is 15.0 Å². The van der Waals surface area contributed by atoms with Gasteiger partial charge in [0.1, 0.15) is 0 Å². The van der Waals surface area contributed by atoms with Crippen molar-refractivity contribution in [2.45, 2.75) is 54.0 Å². The van der Waals surface area contributed by atoms with Crippen molar-refractivity contribution in [1.82, 2.24) is 20.0 Å². The van der Waals surface area contributed by atoms with Crippen LogP contribution < -0.4 is 5.32 Å². The van der Waals surface area contributed by atoms with Gasteiger partial charge in [0.25, 0.3) is 0 Å². The molecule has 0 amide bonds. The fourth-order valence-electron chi connectivity index (χ4n) is 3.47. The Kier molecular flexibility index (Phi) is 8.13. The first-order valence-corrected chi connectivity index (χ1v) is 10.2. The lowest BCUT2D eigenvalue weighted by molar-refractivity contribution is -0.149. The van der Waals surface area contributed by atoms with E-state index in [0.29, 0.717) is 12.5 Å². The summed E-state index contributed by atoms with van der Waals surface area (Å²) in [5.74, 6) is 1.31. The molecular formula is C20H35N5O2. The first-order valence-electron chi connectivity index (χ1n) is 10.2. The molecule has 1 aromatic heterocycles. The van der Waals surface area contributed by atoms with Crippen molar-refractivity contribution in [3.63, 3.8) is 0 Å². The summed E-state index contributed by atoms with van der Waals surface area (Å²) in [5.41, 5.74) is 2.25. The predicted octanol–water partition coefficient (Wildman–Crippen LogP) is 2.38. The molecule has 0 aromatic carbocycles. The van der Waals surface area contributed by atoms with Gasteiger partial charge in [-0.1, -0.05) is 6.92 Å². The van der Waals surface area contributed by atoms with Gasteiger partial charge in [0.15, 0.2) is 5.96 Å². The molecule has 0 spiro atoms. The molecule has 27 heavy (non-hydrogen) atoms. The van der Waals surface area contributed by atoms with E-state index in [4.69, 9.17) is 9.73 Å². The average molecular weight is 378 g/mol. The summed E-state index contributed by atoms with van der Waals surface area (Å²) in [6, 6.07) is 2.10. The number of aryl methyl sites for hydroxylation is 2. The number of carbonyl (C=O) groups excluding carboxylic acids is 1. The number of aliphatic imine (C=N–C) groups is 1. The molecule has 152 valence electrons. The predicted molar refractivity (Wildman–Crippen MR) is 108 cm³/mol. The normalized spacial score (nSPS) is 17.1. The van der Waals surface area contributed by atoms with Crippen molar-refractivity contribution in [2.75, 3.05) is 32.8 Å². The summed E-state index contributed by atoms with van der Waals surface area (Å²) in [4.78, 5) is 19.0. The molecule has 0 bridgehead atoms. The number of nitrogens with zero attached hydrogens (tertiary/aromatic N) is 4. The van der Waals surface area contributed by atoms with Gasteiger partial charge in [-0.25, -0.2) is 0 Å². The van der Waals surface area contributed by atoms with Gasteiger partial charge in [0.2, 0.25) is 0 Å². The van der Waals surface area contributed by atoms with E-state index < -0.39 is 0 Å². The maximum atomic E-state index is 11.9. The number of nitrogens with one attached hydrogen (secondary N) is 1. The summed E-state index contributed by atoms with van der Waals surface area (Å²) in [6.07, 6.45) is 1.65. The van der Waals surface area contributed by atoms with Crippen molar-refractivity contribution >= 4 is 11.9 Å². The van der Waals surface area contributed by atoms with Crippen LogP contribution in [0.3, 0.4) is 0 Å². The lowest BCUT2D eigenvalue weighted by Crippen LogP contribution is -2.47. The number of likely N-dealkylation sites (tertiary alicyclic amines) is 1. The topological polar surface area (TPSA) is 71.8 Å². The monoisotopic (exact) mass is 377 g/mol. The van der Waals surface area contributed by atoms with Crippen LogP contribution in [0.5, 0.6) is 0 Å². The molecule has 1 aliphatic heterocycles. The zero-order chi connectivity index (χ0) is 19.8. The van der Waals surface area contributed by atoms with E-state index in [0.717, 1.165) is 57.2 Å². The summed E-state index contributed by atoms with van der Waals surface area (Å²) in [5, 5.41) is 7.94. The van der Waals surface area contributed by atoms with Crippen LogP contribution in [0, 0.1) is 25.7 Å². The molecule has 1 atom stereocenters. The van der Waals surface area contributed by atoms with Crippen LogP contribution in [0.4, 0.5) is 0 Å². The molecule has 0 saturated carbocycles. The van der Waals surface area contributed by atoms with Crippen molar-refractivity contribution in [3.8, 4) is 0 Å². The van der Waals surface area contributed by atoms with Crippen LogP contribution >= 0.6 is 0 Å². The number of hydrogen-bond acceptors (Lipinski definition) is 4. The third kappa shape index (κ3) is 6.26. The second-order valence-corrected chi connectivity index (χ2v) is 7.42. The molecule has 1 aliphatic rings. The van der Waals surface area contributed by atoms with Gasteiger partial charge >= 0.3 is 5.97 Å². The largest absolute Gasteiger partial charge is 0.466 e. The Hall–Kier alpha value is -2.05. The minimum absolute atomic E-state index is 0.0223. The van der Waals surface area contributed by atoms with E-state index in [9.17, 15) is 4.79 Å². The van der Waals surface area contributed by atoms with Crippen molar-refractivity contribution in [1.29, 1.82) is 0 Å². The molecule has 1 unspecified atom stereocenters. The molecule has 0 aliphatic carbocycles. The smallest absolute Gasteiger partial charge is 0.309 e. The van der Waals surface area contributed by atoms with E-state index in [-0.39, 0.29) is 11.9 Å². The molecule has 1 N–H and O–H groups in total. The lowest BCUT2D eigenvalue weighted by atomic mass is 9.97. The maximum absolute atomic E-state index is 11.9. The quantitative estimate of drug-likeness (QED) is 0.449. The SMILES string of the molecule is CCNC(=NCC(C)Cn1nc(C)cc1C)N1CCC(C(=O)OCC)CC1. The summed E-state index contributed by atoms with van der Waals surface area (Å²) in [7, 11) is 0. The van der Waals surface area contributed by atoms with Gasteiger partial charge in [-0.2, -0.15) is 5.10 Å². The van der Waals surface area contributed by atoms with Gasteiger partial charge in [-0.15, -0.1) is 0 Å². The summed E-state index contributed by atoms with van der Waals surface area (Å²) >= 11 is 0. The van der Waals surface area contributed by atoms with Crippen LogP contribution in [0.1, 0.15) is 45.0 Å². The van der Waals surface area contributed by atoms with E-state index in [1.54, 1.807) is 0 Å². The van der Waals surface area contributed by atoms with Crippen LogP contribution in [0.25, 0.3) is 0 Å². The van der Waals surface area contributed by atoms with E-state index >= 15 is 0 Å². The third-order valence-electron chi connectivity index (χ3n) is 4.89. The van der Waals surface area contributed by atoms with Crippen LogP contribution in [-0.2, 0) is 16.1 Å². The van der Waals surface area contributed by atoms with E-state index in [1.165, 1.54) is 5.69 Å². The number of hydrogen-bond donors (Lipinski definition) is 1. The Morgan fingerprint density at radius 1 is 1.37 bits per heavy atom. The number of guanidine groups is 1. The number of carbonyl (C=O) groups is 1. The highest BCUT2D eigenvalue weighted by molar-refractivity contribution is 5.80. The molecule has 1 aromatic rings. The van der Waals surface area contributed by atoms with Gasteiger partial charge in [0.05, 0.1) is 18.2 Å². The van der Waals surface area contributed by atoms with Crippen molar-refractivity contribution < 1.29 is 9.53 Å². The molecule has 0 radical (unpaired) electrons. The van der Waals surface area contributed by atoms with Gasteiger partial charge in [0, 0.05) is 38.4 Å². The fourth-order valence-corrected chi connectivity index (χ4v) is 3.47. The zero-order valence-corrected chi connectivity index (χ0v) is 17.5. The maximum Gasteiger partial charge on any atom is 0.309 e. The number of esters is 1. The van der Waals surface area contributed by atoms with Crippen molar-refractivity contribution in [3.05, 3.63) is 17.5 Å². The molecule has 7 nitrogen and oxygen atoms in total. The average Bonchev–Trinajstić information content (AvgIpc) is 2.96. The number of rotatable bonds is 7. The fraction of sp³-hybridized carbons (Fsp3) is 0.750. The number of ether oxygens (including phenoxy) is 1. The molecule has 1 fully saturated rings. The summed E-state index contributed by atoms with van der Waals surface area (Å²) < 4.78 is 7.22. The molecular weight excluding hydrogens is 342 g/mol. The highest BCUT2D eigenvalue weighted by Gasteiger charge is 2.27. The van der Waals surface area contributed by atoms with E-state index in [2.05, 4.69) is 46.8 Å². The molecule has 2 rings (SSSR count). The number of piperidine rings is 1. The van der Waals surface area contributed by atoms with Crippen LogP contribution in [-0.4, -0.2) is 59.4 Å². The highest BCUT2D eigenvalue weighted by atomic mass is 16.5. The molecule has 7 heteroatoms. The Bertz CT molecular complexity index is 632. The first kappa shape index (κ1) is 21.3. The lowest BCUT2D eigenvalue weighted by Gasteiger charge is -2.33. The standard InChI is InChI=1S/C20H35N5O2/c1-6-21-20(24-10-8-18(9-11-24)19(26)27-7-2)22-13-15(3)14-25-17(5)12-16(4)23-25/h12,15,18H,6-11,13-14H2,1-5H3,(H,21,22). The Morgan fingerprint density at radius 3 is 2.63 bits per heavy atom. The Balaban J connectivity index is 1.90.